The van der Waals surface area contributed by atoms with Crippen molar-refractivity contribution >= 4 is 60.6 Å². The van der Waals surface area contributed by atoms with E-state index in [0.717, 1.165) is 45.8 Å². The zero-order valence-electron chi connectivity index (χ0n) is 23.6. The van der Waals surface area contributed by atoms with Crippen LogP contribution in [0.3, 0.4) is 0 Å². The molecule has 11 heteroatoms. The molecule has 2 heterocycles. The molecule has 6 nitrogen and oxygen atoms in total. The van der Waals surface area contributed by atoms with E-state index in [1.165, 1.54) is 17.2 Å². The van der Waals surface area contributed by atoms with Crippen LogP contribution in [0.5, 0.6) is 0 Å². The van der Waals surface area contributed by atoms with Crippen LogP contribution in [0.25, 0.3) is 0 Å². The Morgan fingerprint density at radius 3 is 2.24 bits per heavy atom. The van der Waals surface area contributed by atoms with Crippen LogP contribution in [-0.4, -0.2) is 59.6 Å². The van der Waals surface area contributed by atoms with E-state index in [2.05, 4.69) is 50.9 Å². The Balaban J connectivity index is 0.00000280. The molecule has 0 aliphatic carbocycles. The van der Waals surface area contributed by atoms with Crippen LogP contribution in [0.1, 0.15) is 47.8 Å². The molecule has 4 rings (SSSR count). The maximum atomic E-state index is 14.2. The number of rotatable bonds is 10. The van der Waals surface area contributed by atoms with Gasteiger partial charge in [0.05, 0.1) is 6.10 Å². The first-order valence-electron chi connectivity index (χ1n) is 13.2. The third-order valence-electron chi connectivity index (χ3n) is 6.75. The number of carbonyl (C=O) groups is 1. The Morgan fingerprint density at radius 2 is 1.63 bits per heavy atom. The van der Waals surface area contributed by atoms with Gasteiger partial charge in [-0.15, -0.1) is 37.2 Å². The minimum absolute atomic E-state index is 0. The Bertz CT molecular complexity index is 1210. The summed E-state index contributed by atoms with van der Waals surface area (Å²) < 4.78 is 19.6. The summed E-state index contributed by atoms with van der Waals surface area (Å²) in [7, 11) is 0. The van der Waals surface area contributed by atoms with E-state index >= 15 is 0 Å². The van der Waals surface area contributed by atoms with E-state index in [1.54, 1.807) is 30.5 Å². The summed E-state index contributed by atoms with van der Waals surface area (Å²) >= 11 is 6.23. The number of ether oxygens (including phenoxy) is 1. The molecule has 2 aromatic carbocycles. The number of esters is 1. The van der Waals surface area contributed by atoms with Crippen LogP contribution in [0.2, 0.25) is 5.02 Å². The second kappa shape index (κ2) is 17.7. The summed E-state index contributed by atoms with van der Waals surface area (Å²) in [6.45, 7) is 12.0. The normalized spacial score (nSPS) is 13.3. The smallest absolute Gasteiger partial charge is 0.342 e. The number of halogens is 5. The molecule has 41 heavy (non-hydrogen) atoms. The third kappa shape index (κ3) is 10.3. The maximum Gasteiger partial charge on any atom is 0.342 e. The standard InChI is InChI=1S/C30H36ClFN4O2.3ClH/c1-4-34(21-26-27(31)8-5-9-28(26)32)19-23-10-12-24(13-11-23)20-35-15-17-36(18-16-35)29-25(7-6-14-33-29)30(37)38-22(2)3;;;/h5-14,22H,4,15-21H2,1-3H3;3*1H. The quantitative estimate of drug-likeness (QED) is 0.220. The number of carbonyl (C=O) groups excluding carboxylic acids is 1. The molecule has 0 saturated carbocycles. The van der Waals surface area contributed by atoms with Crippen molar-refractivity contribution in [1.29, 1.82) is 0 Å². The van der Waals surface area contributed by atoms with E-state index in [0.29, 0.717) is 28.5 Å². The molecular weight excluding hydrogens is 609 g/mol. The van der Waals surface area contributed by atoms with Gasteiger partial charge in [0.1, 0.15) is 17.2 Å². The van der Waals surface area contributed by atoms with Crippen molar-refractivity contribution in [3.05, 3.63) is 93.9 Å². The molecule has 0 atom stereocenters. The second-order valence-electron chi connectivity index (χ2n) is 9.91. The maximum absolute atomic E-state index is 14.2. The Morgan fingerprint density at radius 1 is 0.976 bits per heavy atom. The molecule has 0 unspecified atom stereocenters. The number of hydrogen-bond donors (Lipinski definition) is 0. The van der Waals surface area contributed by atoms with E-state index < -0.39 is 0 Å². The molecule has 0 amide bonds. The summed E-state index contributed by atoms with van der Waals surface area (Å²) in [6, 6.07) is 17.0. The molecule has 1 aliphatic rings. The Kier molecular flexibility index (Phi) is 16.0. The summed E-state index contributed by atoms with van der Waals surface area (Å²) in [5, 5.41) is 0.466. The average molecular weight is 648 g/mol. The first-order chi connectivity index (χ1) is 18.3. The van der Waals surface area contributed by atoms with Crippen LogP contribution < -0.4 is 4.90 Å². The predicted molar refractivity (Wildman–Crippen MR) is 172 cm³/mol. The van der Waals surface area contributed by atoms with Crippen molar-refractivity contribution < 1.29 is 13.9 Å². The van der Waals surface area contributed by atoms with Gasteiger partial charge in [-0.25, -0.2) is 14.2 Å². The topological polar surface area (TPSA) is 48.9 Å². The molecule has 1 aliphatic heterocycles. The highest BCUT2D eigenvalue weighted by Gasteiger charge is 2.24. The summed E-state index contributed by atoms with van der Waals surface area (Å²) in [5.74, 6) is 0.102. The summed E-state index contributed by atoms with van der Waals surface area (Å²) in [4.78, 5) is 23.8. The van der Waals surface area contributed by atoms with Crippen LogP contribution in [0.15, 0.2) is 60.8 Å². The minimum Gasteiger partial charge on any atom is -0.459 e. The minimum atomic E-state index is -0.329. The van der Waals surface area contributed by atoms with E-state index in [1.807, 2.05) is 13.8 Å². The first kappa shape index (κ1) is 36.9. The summed E-state index contributed by atoms with van der Waals surface area (Å²) in [6.07, 6.45) is 1.55. The van der Waals surface area contributed by atoms with E-state index in [9.17, 15) is 9.18 Å². The molecule has 1 saturated heterocycles. The van der Waals surface area contributed by atoms with Gasteiger partial charge in [-0.2, -0.15) is 0 Å². The van der Waals surface area contributed by atoms with Gasteiger partial charge in [0.15, 0.2) is 0 Å². The molecule has 1 aromatic heterocycles. The third-order valence-corrected chi connectivity index (χ3v) is 7.10. The van der Waals surface area contributed by atoms with Gasteiger partial charge in [-0.05, 0) is 55.8 Å². The van der Waals surface area contributed by atoms with Crippen molar-refractivity contribution in [1.82, 2.24) is 14.8 Å². The number of nitrogens with zero attached hydrogens (tertiary/aromatic N) is 4. The van der Waals surface area contributed by atoms with Gasteiger partial charge in [0.2, 0.25) is 0 Å². The first-order valence-corrected chi connectivity index (χ1v) is 13.6. The lowest BCUT2D eigenvalue weighted by Gasteiger charge is -2.36. The van der Waals surface area contributed by atoms with Gasteiger partial charge in [0, 0.05) is 62.6 Å². The van der Waals surface area contributed by atoms with E-state index in [-0.39, 0.29) is 55.1 Å². The fourth-order valence-corrected chi connectivity index (χ4v) is 4.88. The number of aromatic nitrogens is 1. The SMILES string of the molecule is CCN(Cc1ccc(CN2CCN(c3ncccc3C(=O)OC(C)C)CC2)cc1)Cc1c(F)cccc1Cl.Cl.Cl.Cl. The highest BCUT2D eigenvalue weighted by Crippen LogP contribution is 2.23. The fraction of sp³-hybridized carbons (Fsp3) is 0.400. The largest absolute Gasteiger partial charge is 0.459 e. The van der Waals surface area contributed by atoms with Crippen molar-refractivity contribution in [2.45, 2.75) is 46.5 Å². The average Bonchev–Trinajstić information content (AvgIpc) is 2.91. The van der Waals surface area contributed by atoms with Crippen LogP contribution in [0.4, 0.5) is 10.2 Å². The highest BCUT2D eigenvalue weighted by molar-refractivity contribution is 6.31. The van der Waals surface area contributed by atoms with Crippen LogP contribution in [-0.2, 0) is 24.4 Å². The molecule has 226 valence electrons. The number of pyridine rings is 1. The highest BCUT2D eigenvalue weighted by atomic mass is 35.5. The second-order valence-corrected chi connectivity index (χ2v) is 10.3. The fourth-order valence-electron chi connectivity index (χ4n) is 4.66. The summed E-state index contributed by atoms with van der Waals surface area (Å²) in [5.41, 5.74) is 3.50. The molecule has 1 fully saturated rings. The van der Waals surface area contributed by atoms with Crippen LogP contribution in [0, 0.1) is 5.82 Å². The number of anilines is 1. The van der Waals surface area contributed by atoms with E-state index in [4.69, 9.17) is 16.3 Å². The monoisotopic (exact) mass is 646 g/mol. The molecule has 0 radical (unpaired) electrons. The van der Waals surface area contributed by atoms with Gasteiger partial charge in [-0.1, -0.05) is 48.9 Å². The van der Waals surface area contributed by atoms with Gasteiger partial charge in [0.25, 0.3) is 0 Å². The van der Waals surface area contributed by atoms with Crippen molar-refractivity contribution in [2.24, 2.45) is 0 Å². The molecule has 0 spiro atoms. The zero-order valence-corrected chi connectivity index (χ0v) is 26.8. The van der Waals surface area contributed by atoms with Gasteiger partial charge < -0.3 is 9.64 Å². The van der Waals surface area contributed by atoms with Gasteiger partial charge >= 0.3 is 5.97 Å². The molecular formula is C30H39Cl4FN4O2. The Hall–Kier alpha value is -2.13. The van der Waals surface area contributed by atoms with Crippen molar-refractivity contribution in [3.8, 4) is 0 Å². The molecule has 0 N–H and O–H groups in total. The molecule has 3 aromatic rings. The lowest BCUT2D eigenvalue weighted by molar-refractivity contribution is 0.0378. The van der Waals surface area contributed by atoms with Crippen molar-refractivity contribution in [3.63, 3.8) is 0 Å². The zero-order chi connectivity index (χ0) is 27.1. The number of piperazine rings is 1. The number of hydrogen-bond acceptors (Lipinski definition) is 6. The predicted octanol–water partition coefficient (Wildman–Crippen LogP) is 7.05. The number of benzene rings is 2. The van der Waals surface area contributed by atoms with Gasteiger partial charge in [-0.3, -0.25) is 9.80 Å². The Labute approximate surface area is 266 Å². The lowest BCUT2D eigenvalue weighted by atomic mass is 10.1. The van der Waals surface area contributed by atoms with Crippen LogP contribution >= 0.6 is 48.8 Å². The van der Waals surface area contributed by atoms with Crippen molar-refractivity contribution in [2.75, 3.05) is 37.6 Å². The molecule has 0 bridgehead atoms. The lowest BCUT2D eigenvalue weighted by Crippen LogP contribution is -2.46.